The van der Waals surface area contributed by atoms with Crippen LogP contribution < -0.4 is 4.74 Å². The SMILES string of the molecule is CCOC(=O)CC(=O)c1ccc(-c2ccccc2Oc2ccccc2)cc1. The van der Waals surface area contributed by atoms with Crippen molar-refractivity contribution < 1.29 is 19.1 Å². The molecule has 4 heteroatoms. The van der Waals surface area contributed by atoms with Gasteiger partial charge in [0.15, 0.2) is 5.78 Å². The maximum Gasteiger partial charge on any atom is 0.313 e. The number of carbonyl (C=O) groups excluding carboxylic acids is 2. The molecular formula is C23H20O4. The van der Waals surface area contributed by atoms with Gasteiger partial charge < -0.3 is 9.47 Å². The fourth-order valence-electron chi connectivity index (χ4n) is 2.69. The van der Waals surface area contributed by atoms with E-state index in [2.05, 4.69) is 0 Å². The van der Waals surface area contributed by atoms with Crippen molar-refractivity contribution >= 4 is 11.8 Å². The van der Waals surface area contributed by atoms with Gasteiger partial charge in [0.05, 0.1) is 6.61 Å². The Morgan fingerprint density at radius 2 is 1.48 bits per heavy atom. The quantitative estimate of drug-likeness (QED) is 0.327. The number of para-hydroxylation sites is 2. The number of benzene rings is 3. The first-order chi connectivity index (χ1) is 13.2. The molecule has 0 heterocycles. The van der Waals surface area contributed by atoms with Crippen LogP contribution >= 0.6 is 0 Å². The molecule has 0 unspecified atom stereocenters. The zero-order valence-electron chi connectivity index (χ0n) is 15.1. The minimum Gasteiger partial charge on any atom is -0.466 e. The summed E-state index contributed by atoms with van der Waals surface area (Å²) in [6.45, 7) is 1.98. The van der Waals surface area contributed by atoms with Crippen LogP contribution in [0, 0.1) is 0 Å². The molecule has 3 rings (SSSR count). The Labute approximate surface area is 158 Å². The van der Waals surface area contributed by atoms with E-state index >= 15 is 0 Å². The van der Waals surface area contributed by atoms with Crippen molar-refractivity contribution in [1.29, 1.82) is 0 Å². The van der Waals surface area contributed by atoms with E-state index in [9.17, 15) is 9.59 Å². The van der Waals surface area contributed by atoms with Gasteiger partial charge in [-0.15, -0.1) is 0 Å². The first-order valence-electron chi connectivity index (χ1n) is 8.78. The molecule has 4 nitrogen and oxygen atoms in total. The van der Waals surface area contributed by atoms with Crippen LogP contribution in [0.3, 0.4) is 0 Å². The van der Waals surface area contributed by atoms with Gasteiger partial charge in [0.1, 0.15) is 17.9 Å². The third-order valence-corrected chi connectivity index (χ3v) is 3.99. The molecule has 0 atom stereocenters. The van der Waals surface area contributed by atoms with E-state index in [1.54, 1.807) is 19.1 Å². The lowest BCUT2D eigenvalue weighted by molar-refractivity contribution is -0.141. The Balaban J connectivity index is 1.79. The van der Waals surface area contributed by atoms with E-state index in [-0.39, 0.29) is 18.8 Å². The molecule has 3 aromatic carbocycles. The van der Waals surface area contributed by atoms with E-state index in [4.69, 9.17) is 9.47 Å². The van der Waals surface area contributed by atoms with Crippen molar-refractivity contribution in [3.05, 3.63) is 84.4 Å². The van der Waals surface area contributed by atoms with Crippen LogP contribution in [-0.2, 0) is 9.53 Å². The van der Waals surface area contributed by atoms with E-state index in [0.717, 1.165) is 22.6 Å². The van der Waals surface area contributed by atoms with Gasteiger partial charge in [0.25, 0.3) is 0 Å². The summed E-state index contributed by atoms with van der Waals surface area (Å²) in [5.74, 6) is 0.725. The number of hydrogen-bond acceptors (Lipinski definition) is 4. The largest absolute Gasteiger partial charge is 0.466 e. The maximum absolute atomic E-state index is 12.2. The summed E-state index contributed by atoms with van der Waals surface area (Å²) in [5, 5.41) is 0. The summed E-state index contributed by atoms with van der Waals surface area (Å²) in [4.78, 5) is 23.6. The van der Waals surface area contributed by atoms with Crippen molar-refractivity contribution in [2.45, 2.75) is 13.3 Å². The van der Waals surface area contributed by atoms with Crippen LogP contribution in [0.25, 0.3) is 11.1 Å². The highest BCUT2D eigenvalue weighted by Crippen LogP contribution is 2.33. The van der Waals surface area contributed by atoms with Crippen LogP contribution in [-0.4, -0.2) is 18.4 Å². The first-order valence-corrected chi connectivity index (χ1v) is 8.78. The van der Waals surface area contributed by atoms with Crippen molar-refractivity contribution in [2.24, 2.45) is 0 Å². The van der Waals surface area contributed by atoms with E-state index in [0.29, 0.717) is 5.56 Å². The van der Waals surface area contributed by atoms with Gasteiger partial charge in [-0.1, -0.05) is 60.7 Å². The lowest BCUT2D eigenvalue weighted by Gasteiger charge is -2.11. The number of ether oxygens (including phenoxy) is 2. The number of esters is 1. The predicted molar refractivity (Wildman–Crippen MR) is 104 cm³/mol. The molecule has 0 aliphatic carbocycles. The minimum absolute atomic E-state index is 0.249. The molecule has 0 N–H and O–H groups in total. The van der Waals surface area contributed by atoms with Crippen LogP contribution in [0.1, 0.15) is 23.7 Å². The zero-order chi connectivity index (χ0) is 19.1. The number of rotatable bonds is 7. The summed E-state index contributed by atoms with van der Waals surface area (Å²) < 4.78 is 10.8. The van der Waals surface area contributed by atoms with Crippen LogP contribution in [0.2, 0.25) is 0 Å². The minimum atomic E-state index is -0.506. The molecule has 3 aromatic rings. The fraction of sp³-hybridized carbons (Fsp3) is 0.130. The normalized spacial score (nSPS) is 10.3. The lowest BCUT2D eigenvalue weighted by atomic mass is 10.0. The molecule has 0 aliphatic rings. The average Bonchev–Trinajstić information content (AvgIpc) is 2.69. The Kier molecular flexibility index (Phi) is 6.00. The Morgan fingerprint density at radius 3 is 2.19 bits per heavy atom. The molecule has 0 saturated carbocycles. The number of Topliss-reactive ketones (excluding diaryl/α,β-unsaturated/α-hetero) is 1. The topological polar surface area (TPSA) is 52.6 Å². The Hall–Kier alpha value is -3.40. The molecule has 0 bridgehead atoms. The van der Waals surface area contributed by atoms with Crippen molar-refractivity contribution in [3.8, 4) is 22.6 Å². The standard InChI is InChI=1S/C23H20O4/c1-2-26-23(25)16-21(24)18-14-12-17(13-15-18)20-10-6-7-11-22(20)27-19-8-4-3-5-9-19/h3-15H,2,16H2,1H3. The molecule has 0 saturated heterocycles. The molecule has 0 aliphatic heterocycles. The molecule has 0 amide bonds. The third-order valence-electron chi connectivity index (χ3n) is 3.99. The summed E-state index contributed by atoms with van der Waals surface area (Å²) >= 11 is 0. The smallest absolute Gasteiger partial charge is 0.313 e. The van der Waals surface area contributed by atoms with Gasteiger partial charge in [0, 0.05) is 11.1 Å². The second kappa shape index (κ2) is 8.81. The second-order valence-electron chi connectivity index (χ2n) is 5.89. The van der Waals surface area contributed by atoms with Crippen LogP contribution in [0.15, 0.2) is 78.9 Å². The highest BCUT2D eigenvalue weighted by Gasteiger charge is 2.13. The van der Waals surface area contributed by atoms with Gasteiger partial charge in [0.2, 0.25) is 0 Å². The number of ketones is 1. The summed E-state index contributed by atoms with van der Waals surface area (Å²) in [6.07, 6.45) is -0.249. The lowest BCUT2D eigenvalue weighted by Crippen LogP contribution is -2.11. The molecule has 27 heavy (non-hydrogen) atoms. The summed E-state index contributed by atoms with van der Waals surface area (Å²) in [6, 6.07) is 24.4. The Bertz CT molecular complexity index is 915. The molecule has 0 aromatic heterocycles. The highest BCUT2D eigenvalue weighted by atomic mass is 16.5. The fourth-order valence-corrected chi connectivity index (χ4v) is 2.69. The maximum atomic E-state index is 12.2. The molecule has 0 radical (unpaired) electrons. The van der Waals surface area contributed by atoms with Crippen LogP contribution in [0.4, 0.5) is 0 Å². The first kappa shape index (κ1) is 18.4. The van der Waals surface area contributed by atoms with Gasteiger partial charge in [-0.2, -0.15) is 0 Å². The molecular weight excluding hydrogens is 340 g/mol. The van der Waals surface area contributed by atoms with Crippen molar-refractivity contribution in [3.63, 3.8) is 0 Å². The Morgan fingerprint density at radius 1 is 0.815 bits per heavy atom. The summed E-state index contributed by atoms with van der Waals surface area (Å²) in [5.41, 5.74) is 2.33. The van der Waals surface area contributed by atoms with Crippen molar-refractivity contribution in [2.75, 3.05) is 6.61 Å². The van der Waals surface area contributed by atoms with Gasteiger partial charge in [-0.3, -0.25) is 9.59 Å². The van der Waals surface area contributed by atoms with Crippen LogP contribution in [0.5, 0.6) is 11.5 Å². The molecule has 0 spiro atoms. The average molecular weight is 360 g/mol. The van der Waals surface area contributed by atoms with Crippen molar-refractivity contribution in [1.82, 2.24) is 0 Å². The predicted octanol–water partition coefficient (Wildman–Crippen LogP) is 5.28. The van der Waals surface area contributed by atoms with E-state index in [1.807, 2.05) is 66.7 Å². The molecule has 0 fully saturated rings. The number of carbonyl (C=O) groups is 2. The van der Waals surface area contributed by atoms with Gasteiger partial charge in [-0.25, -0.2) is 0 Å². The number of hydrogen-bond donors (Lipinski definition) is 0. The third kappa shape index (κ3) is 4.82. The highest BCUT2D eigenvalue weighted by molar-refractivity contribution is 6.06. The van der Waals surface area contributed by atoms with Gasteiger partial charge >= 0.3 is 5.97 Å². The van der Waals surface area contributed by atoms with E-state index < -0.39 is 5.97 Å². The second-order valence-corrected chi connectivity index (χ2v) is 5.89. The van der Waals surface area contributed by atoms with E-state index in [1.165, 1.54) is 0 Å². The zero-order valence-corrected chi connectivity index (χ0v) is 15.1. The van der Waals surface area contributed by atoms with Gasteiger partial charge in [-0.05, 0) is 30.7 Å². The summed E-state index contributed by atoms with van der Waals surface area (Å²) in [7, 11) is 0. The molecule has 136 valence electrons. The monoisotopic (exact) mass is 360 g/mol.